The van der Waals surface area contributed by atoms with Gasteiger partial charge in [0.1, 0.15) is 17.8 Å². The molecule has 0 unspecified atom stereocenters. The zero-order valence-corrected chi connectivity index (χ0v) is 22.9. The van der Waals surface area contributed by atoms with E-state index in [-0.39, 0.29) is 12.5 Å². The van der Waals surface area contributed by atoms with E-state index in [1.165, 1.54) is 5.56 Å². The SMILES string of the molecule is COc1ccc([C@@H]2c3ccc4ccccc4c3Oc3ncn4nc(CO/N=C(\C)c5ccc(C)cc5)nc4c32)cc1. The standard InChI is InChI=1S/C33H27N5O3/c1-20-8-10-22(11-9-20)21(2)37-40-18-28-35-32-30-29(24-12-15-25(39-3)16-13-24)27-17-14-23-6-4-5-7-26(23)31(27)41-33(30)34-19-38(32)36-28/h4-17,19,29H,18H2,1-3H3/b37-21+/t29-/m1/s1. The van der Waals surface area contributed by atoms with Gasteiger partial charge in [-0.1, -0.05) is 83.5 Å². The predicted octanol–water partition coefficient (Wildman–Crippen LogP) is 6.82. The lowest BCUT2D eigenvalue weighted by Gasteiger charge is -2.28. The third-order valence-corrected chi connectivity index (χ3v) is 7.45. The van der Waals surface area contributed by atoms with Gasteiger partial charge in [-0.25, -0.2) is 14.5 Å². The minimum atomic E-state index is -0.180. The van der Waals surface area contributed by atoms with Gasteiger partial charge in [-0.15, -0.1) is 5.10 Å². The molecule has 0 radical (unpaired) electrons. The van der Waals surface area contributed by atoms with Gasteiger partial charge < -0.3 is 14.3 Å². The van der Waals surface area contributed by atoms with Crippen molar-refractivity contribution in [1.82, 2.24) is 19.6 Å². The van der Waals surface area contributed by atoms with Gasteiger partial charge in [0.2, 0.25) is 5.88 Å². The van der Waals surface area contributed by atoms with Crippen LogP contribution in [0.2, 0.25) is 0 Å². The predicted molar refractivity (Wildman–Crippen MR) is 157 cm³/mol. The Morgan fingerprint density at radius 3 is 2.59 bits per heavy atom. The fourth-order valence-electron chi connectivity index (χ4n) is 5.33. The van der Waals surface area contributed by atoms with Crippen molar-refractivity contribution < 1.29 is 14.3 Å². The van der Waals surface area contributed by atoms with Crippen LogP contribution in [0.15, 0.2) is 96.4 Å². The second kappa shape index (κ2) is 10.1. The molecule has 3 heterocycles. The molecule has 1 aliphatic heterocycles. The molecule has 0 spiro atoms. The molecule has 0 bridgehead atoms. The first-order chi connectivity index (χ1) is 20.1. The van der Waals surface area contributed by atoms with Crippen molar-refractivity contribution in [3.8, 4) is 17.4 Å². The zero-order chi connectivity index (χ0) is 27.9. The fourth-order valence-corrected chi connectivity index (χ4v) is 5.33. The molecule has 8 heteroatoms. The van der Waals surface area contributed by atoms with E-state index >= 15 is 0 Å². The number of ether oxygens (including phenoxy) is 2. The first-order valence-electron chi connectivity index (χ1n) is 13.4. The van der Waals surface area contributed by atoms with Crippen LogP contribution in [0.5, 0.6) is 17.4 Å². The number of methoxy groups -OCH3 is 1. The van der Waals surface area contributed by atoms with Crippen LogP contribution in [0.4, 0.5) is 0 Å². The largest absolute Gasteiger partial charge is 0.497 e. The van der Waals surface area contributed by atoms with Crippen molar-refractivity contribution in [2.45, 2.75) is 26.4 Å². The summed E-state index contributed by atoms with van der Waals surface area (Å²) in [6.07, 6.45) is 1.63. The molecule has 2 aromatic heterocycles. The molecule has 0 amide bonds. The lowest BCUT2D eigenvalue weighted by molar-refractivity contribution is 0.125. The van der Waals surface area contributed by atoms with Gasteiger partial charge in [0, 0.05) is 16.9 Å². The molecule has 0 fully saturated rings. The topological polar surface area (TPSA) is 83.1 Å². The summed E-state index contributed by atoms with van der Waals surface area (Å²) in [4.78, 5) is 15.2. The Balaban J connectivity index is 1.29. The smallest absolute Gasteiger partial charge is 0.228 e. The van der Waals surface area contributed by atoms with Crippen LogP contribution in [0.3, 0.4) is 0 Å². The normalized spacial score (nSPS) is 14.4. The zero-order valence-electron chi connectivity index (χ0n) is 22.9. The molecule has 1 aliphatic rings. The van der Waals surface area contributed by atoms with Crippen molar-refractivity contribution in [2.24, 2.45) is 5.16 Å². The van der Waals surface area contributed by atoms with E-state index in [0.717, 1.165) is 50.2 Å². The van der Waals surface area contributed by atoms with E-state index in [9.17, 15) is 0 Å². The average Bonchev–Trinajstić information content (AvgIpc) is 3.43. The molecular formula is C33H27N5O3. The van der Waals surface area contributed by atoms with Crippen molar-refractivity contribution in [3.05, 3.63) is 125 Å². The van der Waals surface area contributed by atoms with Gasteiger partial charge in [-0.2, -0.15) is 0 Å². The lowest BCUT2D eigenvalue weighted by Crippen LogP contribution is -2.15. The number of hydrogen-bond acceptors (Lipinski definition) is 7. The Bertz CT molecular complexity index is 1930. The summed E-state index contributed by atoms with van der Waals surface area (Å²) < 4.78 is 13.6. The van der Waals surface area contributed by atoms with Crippen molar-refractivity contribution >= 4 is 22.1 Å². The number of rotatable bonds is 6. The summed E-state index contributed by atoms with van der Waals surface area (Å²) in [6.45, 7) is 4.09. The number of nitrogens with zero attached hydrogens (tertiary/aromatic N) is 5. The molecule has 0 saturated carbocycles. The Morgan fingerprint density at radius 1 is 0.976 bits per heavy atom. The van der Waals surface area contributed by atoms with E-state index in [1.54, 1.807) is 18.0 Å². The number of aromatic nitrogens is 4. The summed E-state index contributed by atoms with van der Waals surface area (Å²) in [5.74, 6) is 2.42. The highest BCUT2D eigenvalue weighted by molar-refractivity contribution is 5.98. The molecule has 8 nitrogen and oxygen atoms in total. The van der Waals surface area contributed by atoms with Crippen LogP contribution in [-0.2, 0) is 11.4 Å². The van der Waals surface area contributed by atoms with Crippen LogP contribution in [0, 0.1) is 6.92 Å². The van der Waals surface area contributed by atoms with E-state index in [1.807, 2.05) is 43.3 Å². The third-order valence-electron chi connectivity index (χ3n) is 7.45. The van der Waals surface area contributed by atoms with Crippen molar-refractivity contribution in [3.63, 3.8) is 0 Å². The molecule has 1 atom stereocenters. The van der Waals surface area contributed by atoms with E-state index < -0.39 is 0 Å². The van der Waals surface area contributed by atoms with Gasteiger partial charge in [-0.3, -0.25) is 0 Å². The molecule has 41 heavy (non-hydrogen) atoms. The summed E-state index contributed by atoms with van der Waals surface area (Å²) in [5, 5.41) is 11.1. The number of hydrogen-bond donors (Lipinski definition) is 0. The average molecular weight is 542 g/mol. The van der Waals surface area contributed by atoms with Crippen molar-refractivity contribution in [2.75, 3.05) is 7.11 Å². The Morgan fingerprint density at radius 2 is 1.78 bits per heavy atom. The number of oxime groups is 1. The number of aryl methyl sites for hydroxylation is 1. The maximum absolute atomic E-state index is 6.50. The number of benzene rings is 4. The highest BCUT2D eigenvalue weighted by Crippen LogP contribution is 2.50. The molecule has 0 aliphatic carbocycles. The first-order valence-corrected chi connectivity index (χ1v) is 13.4. The fraction of sp³-hybridized carbons (Fsp3) is 0.152. The first kappa shape index (κ1) is 24.8. The molecular weight excluding hydrogens is 514 g/mol. The highest BCUT2D eigenvalue weighted by Gasteiger charge is 2.34. The minimum Gasteiger partial charge on any atom is -0.497 e. The Hall–Kier alpha value is -5.24. The minimum absolute atomic E-state index is 0.120. The van der Waals surface area contributed by atoms with Gasteiger partial charge in [0.05, 0.1) is 18.4 Å². The van der Waals surface area contributed by atoms with Crippen LogP contribution >= 0.6 is 0 Å². The van der Waals surface area contributed by atoms with Gasteiger partial charge in [-0.05, 0) is 42.5 Å². The van der Waals surface area contributed by atoms with Crippen LogP contribution < -0.4 is 9.47 Å². The van der Waals surface area contributed by atoms with Crippen molar-refractivity contribution in [1.29, 1.82) is 0 Å². The van der Waals surface area contributed by atoms with Crippen LogP contribution in [0.25, 0.3) is 16.4 Å². The molecule has 0 N–H and O–H groups in total. The summed E-state index contributed by atoms with van der Waals surface area (Å²) >= 11 is 0. The molecule has 0 saturated heterocycles. The van der Waals surface area contributed by atoms with E-state index in [2.05, 4.69) is 70.7 Å². The van der Waals surface area contributed by atoms with Gasteiger partial charge in [0.15, 0.2) is 18.1 Å². The second-order valence-electron chi connectivity index (χ2n) is 10.1. The molecule has 7 rings (SSSR count). The van der Waals surface area contributed by atoms with Crippen LogP contribution in [0.1, 0.15) is 46.5 Å². The maximum atomic E-state index is 6.50. The van der Waals surface area contributed by atoms with E-state index in [0.29, 0.717) is 17.4 Å². The van der Waals surface area contributed by atoms with E-state index in [4.69, 9.17) is 19.3 Å². The number of fused-ring (bicyclic) bond motifs is 6. The monoisotopic (exact) mass is 541 g/mol. The molecule has 6 aromatic rings. The molecule has 4 aromatic carbocycles. The maximum Gasteiger partial charge on any atom is 0.228 e. The van der Waals surface area contributed by atoms with Gasteiger partial charge in [0.25, 0.3) is 0 Å². The Labute approximate surface area is 236 Å². The summed E-state index contributed by atoms with van der Waals surface area (Å²) in [7, 11) is 1.67. The highest BCUT2D eigenvalue weighted by atomic mass is 16.6. The molecule has 202 valence electrons. The summed E-state index contributed by atoms with van der Waals surface area (Å²) in [6, 6.07) is 28.7. The second-order valence-corrected chi connectivity index (χ2v) is 10.1. The lowest BCUT2D eigenvalue weighted by atomic mass is 9.83. The van der Waals surface area contributed by atoms with Gasteiger partial charge >= 0.3 is 0 Å². The third kappa shape index (κ3) is 4.43. The quantitative estimate of drug-likeness (QED) is 0.170. The van der Waals surface area contributed by atoms with Crippen LogP contribution in [-0.4, -0.2) is 32.4 Å². The summed E-state index contributed by atoms with van der Waals surface area (Å²) in [5.41, 5.74) is 6.59. The Kier molecular flexibility index (Phi) is 6.08.